The van der Waals surface area contributed by atoms with E-state index in [9.17, 15) is 0 Å². The Bertz CT molecular complexity index is 1120. The van der Waals surface area contributed by atoms with Crippen molar-refractivity contribution in [3.05, 3.63) is 131 Å². The van der Waals surface area contributed by atoms with Crippen LogP contribution < -0.4 is 10.6 Å². The van der Waals surface area contributed by atoms with Crippen LogP contribution in [0.5, 0.6) is 0 Å². The van der Waals surface area contributed by atoms with Crippen LogP contribution in [0.15, 0.2) is 115 Å². The molecule has 1 heterocycles. The van der Waals surface area contributed by atoms with Gasteiger partial charge in [0, 0.05) is 11.6 Å². The quantitative estimate of drug-likeness (QED) is 0.235. The molecule has 0 saturated carbocycles. The normalized spacial score (nSPS) is 23.3. The summed E-state index contributed by atoms with van der Waals surface area (Å²) in [7, 11) is 0. The number of allylic oxidation sites excluding steroid dienone is 2. The van der Waals surface area contributed by atoms with Gasteiger partial charge in [0.05, 0.1) is 4.05 Å². The first-order valence-electron chi connectivity index (χ1n) is 10.7. The number of halogens is 1. The topological polar surface area (TPSA) is 24.1 Å². The summed E-state index contributed by atoms with van der Waals surface area (Å²) in [6, 6.07) is 32.2. The summed E-state index contributed by atoms with van der Waals surface area (Å²) in [6.07, 6.45) is 8.14. The SMILES string of the molecule is IC1C=C(c2ccccc2)NC(C2=CC(c3ccccc3)CC(c3ccccc3)=C2)N1. The lowest BCUT2D eigenvalue weighted by Gasteiger charge is -2.34. The molecule has 3 aromatic carbocycles. The van der Waals surface area contributed by atoms with Gasteiger partial charge in [0.1, 0.15) is 6.17 Å². The van der Waals surface area contributed by atoms with Gasteiger partial charge >= 0.3 is 0 Å². The van der Waals surface area contributed by atoms with Crippen LogP contribution in [-0.2, 0) is 0 Å². The fraction of sp³-hybridized carbons (Fsp3) is 0.143. The second-order valence-corrected chi connectivity index (χ2v) is 9.36. The monoisotopic (exact) mass is 516 g/mol. The standard InChI is InChI=1S/C28H25IN2/c29-27-19-26(22-14-8-3-9-15-22)30-28(31-27)25-17-23(20-10-4-1-5-11-20)16-24(18-25)21-12-6-2-7-13-21/h1-15,17-19,23,27-28,30-31H,16H2. The summed E-state index contributed by atoms with van der Waals surface area (Å²) in [5, 5.41) is 7.46. The van der Waals surface area contributed by atoms with Gasteiger partial charge in [0.15, 0.2) is 0 Å². The van der Waals surface area contributed by atoms with Crippen LogP contribution in [0.1, 0.15) is 29.0 Å². The first kappa shape index (κ1) is 20.3. The summed E-state index contributed by atoms with van der Waals surface area (Å²) in [5.41, 5.74) is 7.75. The molecule has 0 saturated heterocycles. The molecule has 3 aromatic rings. The van der Waals surface area contributed by atoms with Crippen molar-refractivity contribution >= 4 is 33.9 Å². The van der Waals surface area contributed by atoms with E-state index in [2.05, 4.69) is 142 Å². The van der Waals surface area contributed by atoms with Crippen molar-refractivity contribution in [1.82, 2.24) is 10.6 Å². The number of nitrogens with one attached hydrogen (secondary N) is 2. The highest BCUT2D eigenvalue weighted by molar-refractivity contribution is 14.1. The van der Waals surface area contributed by atoms with Gasteiger partial charge in [0.25, 0.3) is 0 Å². The van der Waals surface area contributed by atoms with E-state index in [0.717, 1.165) is 6.42 Å². The molecule has 3 atom stereocenters. The molecule has 31 heavy (non-hydrogen) atoms. The maximum atomic E-state index is 3.75. The Kier molecular flexibility index (Phi) is 6.05. The van der Waals surface area contributed by atoms with E-state index >= 15 is 0 Å². The Hall–Kier alpha value is -2.63. The lowest BCUT2D eigenvalue weighted by Crippen LogP contribution is -2.49. The molecule has 0 amide bonds. The van der Waals surface area contributed by atoms with E-state index in [4.69, 9.17) is 0 Å². The lowest BCUT2D eigenvalue weighted by atomic mass is 9.82. The van der Waals surface area contributed by atoms with Gasteiger partial charge in [-0.25, -0.2) is 0 Å². The summed E-state index contributed by atoms with van der Waals surface area (Å²) < 4.78 is 0.255. The van der Waals surface area contributed by atoms with E-state index in [1.807, 2.05) is 0 Å². The average molecular weight is 516 g/mol. The summed E-state index contributed by atoms with van der Waals surface area (Å²) in [4.78, 5) is 0. The zero-order valence-corrected chi connectivity index (χ0v) is 19.4. The minimum atomic E-state index is 0.0623. The van der Waals surface area contributed by atoms with Crippen LogP contribution in [0, 0.1) is 0 Å². The van der Waals surface area contributed by atoms with Crippen molar-refractivity contribution in [3.63, 3.8) is 0 Å². The van der Waals surface area contributed by atoms with E-state index in [1.54, 1.807) is 0 Å². The molecule has 0 radical (unpaired) electrons. The third-order valence-corrected chi connectivity index (χ3v) is 6.62. The largest absolute Gasteiger partial charge is 0.366 e. The highest BCUT2D eigenvalue weighted by Gasteiger charge is 2.26. The lowest BCUT2D eigenvalue weighted by molar-refractivity contribution is 0.541. The maximum Gasteiger partial charge on any atom is 0.104 e. The van der Waals surface area contributed by atoms with Crippen molar-refractivity contribution in [2.75, 3.05) is 0 Å². The number of rotatable bonds is 4. The van der Waals surface area contributed by atoms with Crippen LogP contribution in [-0.4, -0.2) is 10.2 Å². The van der Waals surface area contributed by atoms with Crippen LogP contribution in [0.4, 0.5) is 0 Å². The highest BCUT2D eigenvalue weighted by Crippen LogP contribution is 2.37. The van der Waals surface area contributed by atoms with Crippen LogP contribution in [0.3, 0.4) is 0 Å². The highest BCUT2D eigenvalue weighted by atomic mass is 127. The van der Waals surface area contributed by atoms with Gasteiger partial charge in [0.2, 0.25) is 0 Å². The Morgan fingerprint density at radius 2 is 1.32 bits per heavy atom. The molecule has 0 bridgehead atoms. The van der Waals surface area contributed by atoms with Gasteiger partial charge in [-0.3, -0.25) is 5.32 Å². The second-order valence-electron chi connectivity index (χ2n) is 8.02. The smallest absolute Gasteiger partial charge is 0.104 e. The Morgan fingerprint density at radius 3 is 2.00 bits per heavy atom. The van der Waals surface area contributed by atoms with Crippen molar-refractivity contribution in [3.8, 4) is 0 Å². The Balaban J connectivity index is 1.51. The molecule has 2 nitrogen and oxygen atoms in total. The number of hydrogen-bond donors (Lipinski definition) is 2. The van der Waals surface area contributed by atoms with Gasteiger partial charge in [-0.05, 0) is 40.3 Å². The molecule has 3 heteroatoms. The number of benzene rings is 3. The number of alkyl halides is 1. The van der Waals surface area contributed by atoms with E-state index < -0.39 is 0 Å². The van der Waals surface area contributed by atoms with Crippen molar-refractivity contribution in [2.45, 2.75) is 22.6 Å². The maximum absolute atomic E-state index is 3.75. The van der Waals surface area contributed by atoms with Gasteiger partial charge in [-0.1, -0.05) is 126 Å². The zero-order chi connectivity index (χ0) is 21.0. The van der Waals surface area contributed by atoms with E-state index in [-0.39, 0.29) is 10.2 Å². The second kappa shape index (κ2) is 9.25. The first-order chi connectivity index (χ1) is 15.3. The Morgan fingerprint density at radius 1 is 0.710 bits per heavy atom. The molecule has 3 unspecified atom stereocenters. The van der Waals surface area contributed by atoms with Crippen LogP contribution in [0.25, 0.3) is 11.3 Å². The fourth-order valence-electron chi connectivity index (χ4n) is 4.36. The molecule has 1 aliphatic carbocycles. The van der Waals surface area contributed by atoms with Crippen LogP contribution in [0.2, 0.25) is 0 Å². The molecule has 1 aliphatic heterocycles. The Labute approximate surface area is 197 Å². The molecule has 0 fully saturated rings. The summed E-state index contributed by atoms with van der Waals surface area (Å²) in [6.45, 7) is 0. The fourth-order valence-corrected chi connectivity index (χ4v) is 5.08. The molecule has 2 aliphatic rings. The molecular weight excluding hydrogens is 491 g/mol. The zero-order valence-electron chi connectivity index (χ0n) is 17.2. The minimum Gasteiger partial charge on any atom is -0.366 e. The van der Waals surface area contributed by atoms with E-state index in [0.29, 0.717) is 5.92 Å². The van der Waals surface area contributed by atoms with Gasteiger partial charge in [-0.15, -0.1) is 0 Å². The third-order valence-electron chi connectivity index (χ3n) is 5.90. The van der Waals surface area contributed by atoms with Crippen molar-refractivity contribution in [1.29, 1.82) is 0 Å². The molecular formula is C28H25IN2. The number of hydrogen-bond acceptors (Lipinski definition) is 2. The summed E-state index contributed by atoms with van der Waals surface area (Å²) in [5.74, 6) is 0.360. The average Bonchev–Trinajstić information content (AvgIpc) is 2.85. The summed E-state index contributed by atoms with van der Waals surface area (Å²) >= 11 is 2.47. The molecule has 5 rings (SSSR count). The molecule has 154 valence electrons. The first-order valence-corrected chi connectivity index (χ1v) is 12.0. The van der Waals surface area contributed by atoms with Crippen LogP contribution >= 0.6 is 22.6 Å². The predicted molar refractivity (Wildman–Crippen MR) is 139 cm³/mol. The molecule has 2 N–H and O–H groups in total. The van der Waals surface area contributed by atoms with Crippen molar-refractivity contribution in [2.24, 2.45) is 0 Å². The van der Waals surface area contributed by atoms with Gasteiger partial charge < -0.3 is 5.32 Å². The molecule has 0 aromatic heterocycles. The van der Waals surface area contributed by atoms with Gasteiger partial charge in [-0.2, -0.15) is 0 Å². The minimum absolute atomic E-state index is 0.0623. The van der Waals surface area contributed by atoms with E-state index in [1.165, 1.54) is 33.5 Å². The predicted octanol–water partition coefficient (Wildman–Crippen LogP) is 6.51. The third kappa shape index (κ3) is 4.68. The molecule has 0 spiro atoms. The van der Waals surface area contributed by atoms with Crippen molar-refractivity contribution < 1.29 is 0 Å².